The summed E-state index contributed by atoms with van der Waals surface area (Å²) in [4.78, 5) is 28.6. The quantitative estimate of drug-likeness (QED) is 0.824. The van der Waals surface area contributed by atoms with E-state index in [1.807, 2.05) is 20.8 Å². The lowest BCUT2D eigenvalue weighted by Crippen LogP contribution is -2.51. The van der Waals surface area contributed by atoms with Crippen LogP contribution in [0.1, 0.15) is 52.9 Å². The first kappa shape index (κ1) is 18.2. The van der Waals surface area contributed by atoms with Crippen molar-refractivity contribution in [1.29, 1.82) is 0 Å². The SMILES string of the molecule is CC(C)(C)NC(=O)NC(=O)CN1CCCC1CN1CCCCC1. The zero-order chi connectivity index (χ0) is 16.9. The lowest BCUT2D eigenvalue weighted by atomic mass is 10.1. The maximum Gasteiger partial charge on any atom is 0.321 e. The molecule has 23 heavy (non-hydrogen) atoms. The number of hydrogen-bond acceptors (Lipinski definition) is 4. The summed E-state index contributed by atoms with van der Waals surface area (Å²) in [5, 5.41) is 5.20. The van der Waals surface area contributed by atoms with Gasteiger partial charge in [0.05, 0.1) is 6.54 Å². The number of likely N-dealkylation sites (tertiary alicyclic amines) is 2. The molecule has 0 aromatic heterocycles. The first-order valence-electron chi connectivity index (χ1n) is 8.92. The van der Waals surface area contributed by atoms with Gasteiger partial charge < -0.3 is 10.2 Å². The summed E-state index contributed by atoms with van der Waals surface area (Å²) >= 11 is 0. The summed E-state index contributed by atoms with van der Waals surface area (Å²) in [6.07, 6.45) is 6.22. The molecule has 2 heterocycles. The summed E-state index contributed by atoms with van der Waals surface area (Å²) < 4.78 is 0. The second-order valence-electron chi connectivity index (χ2n) is 7.88. The number of hydrogen-bond donors (Lipinski definition) is 2. The van der Waals surface area contributed by atoms with Crippen molar-refractivity contribution in [1.82, 2.24) is 20.4 Å². The van der Waals surface area contributed by atoms with Crippen LogP contribution in [0.15, 0.2) is 0 Å². The fourth-order valence-electron chi connectivity index (χ4n) is 3.47. The molecule has 2 saturated heterocycles. The zero-order valence-electron chi connectivity index (χ0n) is 14.9. The summed E-state index contributed by atoms with van der Waals surface area (Å²) in [6.45, 7) is 10.4. The third-order valence-electron chi connectivity index (χ3n) is 4.50. The van der Waals surface area contributed by atoms with Gasteiger partial charge in [-0.15, -0.1) is 0 Å². The van der Waals surface area contributed by atoms with Gasteiger partial charge >= 0.3 is 6.03 Å². The van der Waals surface area contributed by atoms with Crippen LogP contribution in [0, 0.1) is 0 Å². The van der Waals surface area contributed by atoms with E-state index in [1.54, 1.807) is 0 Å². The molecular weight excluding hydrogens is 292 g/mol. The highest BCUT2D eigenvalue weighted by atomic mass is 16.2. The van der Waals surface area contributed by atoms with Gasteiger partial charge in [-0.2, -0.15) is 0 Å². The zero-order valence-corrected chi connectivity index (χ0v) is 14.9. The number of carbonyl (C=O) groups is 2. The van der Waals surface area contributed by atoms with Crippen molar-refractivity contribution in [3.05, 3.63) is 0 Å². The van der Waals surface area contributed by atoms with Crippen LogP contribution in [0.4, 0.5) is 4.79 Å². The van der Waals surface area contributed by atoms with Gasteiger partial charge in [0.15, 0.2) is 0 Å². The molecule has 2 fully saturated rings. The molecule has 2 aliphatic rings. The van der Waals surface area contributed by atoms with Gasteiger partial charge in [-0.25, -0.2) is 4.79 Å². The summed E-state index contributed by atoms with van der Waals surface area (Å²) in [7, 11) is 0. The Hall–Kier alpha value is -1.14. The largest absolute Gasteiger partial charge is 0.333 e. The molecule has 0 saturated carbocycles. The molecule has 0 spiro atoms. The summed E-state index contributed by atoms with van der Waals surface area (Å²) in [6, 6.07) is 0.0406. The van der Waals surface area contributed by atoms with Crippen molar-refractivity contribution in [2.75, 3.05) is 32.7 Å². The minimum absolute atomic E-state index is 0.211. The van der Waals surface area contributed by atoms with E-state index in [2.05, 4.69) is 20.4 Å². The fourth-order valence-corrected chi connectivity index (χ4v) is 3.47. The van der Waals surface area contributed by atoms with E-state index in [4.69, 9.17) is 0 Å². The van der Waals surface area contributed by atoms with E-state index in [0.29, 0.717) is 12.6 Å². The molecule has 3 amide bonds. The van der Waals surface area contributed by atoms with E-state index < -0.39 is 6.03 Å². The number of piperidine rings is 1. The topological polar surface area (TPSA) is 64.7 Å². The Morgan fingerprint density at radius 1 is 1.04 bits per heavy atom. The van der Waals surface area contributed by atoms with Crippen LogP contribution in [0.3, 0.4) is 0 Å². The maximum atomic E-state index is 12.1. The van der Waals surface area contributed by atoms with Crippen LogP contribution in [-0.4, -0.2) is 66.0 Å². The third kappa shape index (κ3) is 6.47. The molecule has 1 atom stereocenters. The number of nitrogens with one attached hydrogen (secondary N) is 2. The first-order valence-corrected chi connectivity index (χ1v) is 8.92. The van der Waals surface area contributed by atoms with Gasteiger partial charge in [-0.3, -0.25) is 15.0 Å². The molecule has 6 heteroatoms. The van der Waals surface area contributed by atoms with Gasteiger partial charge in [0.25, 0.3) is 0 Å². The predicted octanol–water partition coefficient (Wildman–Crippen LogP) is 1.56. The highest BCUT2D eigenvalue weighted by Crippen LogP contribution is 2.19. The highest BCUT2D eigenvalue weighted by Gasteiger charge is 2.28. The standard InChI is InChI=1S/C17H32N4O2/c1-17(2,3)19-16(23)18-15(22)13-21-11-7-8-14(21)12-20-9-5-4-6-10-20/h14H,4-13H2,1-3H3,(H2,18,19,22,23). The number of urea groups is 1. The lowest BCUT2D eigenvalue weighted by molar-refractivity contribution is -0.121. The fraction of sp³-hybridized carbons (Fsp3) is 0.882. The minimum Gasteiger partial charge on any atom is -0.333 e. The van der Waals surface area contributed by atoms with Crippen molar-refractivity contribution >= 4 is 11.9 Å². The average Bonchev–Trinajstić information content (AvgIpc) is 2.84. The lowest BCUT2D eigenvalue weighted by Gasteiger charge is -2.32. The van der Waals surface area contributed by atoms with Crippen molar-refractivity contribution in [2.45, 2.75) is 64.5 Å². The van der Waals surface area contributed by atoms with Crippen molar-refractivity contribution in [2.24, 2.45) is 0 Å². The Balaban J connectivity index is 1.76. The van der Waals surface area contributed by atoms with E-state index in [-0.39, 0.29) is 11.4 Å². The van der Waals surface area contributed by atoms with Gasteiger partial charge in [-0.1, -0.05) is 6.42 Å². The summed E-state index contributed by atoms with van der Waals surface area (Å²) in [5.74, 6) is -0.211. The molecule has 0 aromatic carbocycles. The van der Waals surface area contributed by atoms with Gasteiger partial charge in [-0.05, 0) is 66.1 Å². The molecule has 0 aromatic rings. The van der Waals surface area contributed by atoms with Crippen LogP contribution < -0.4 is 10.6 Å². The number of rotatable bonds is 4. The van der Waals surface area contributed by atoms with Crippen LogP contribution in [0.5, 0.6) is 0 Å². The molecule has 6 nitrogen and oxygen atoms in total. The number of amides is 3. The molecule has 0 radical (unpaired) electrons. The van der Waals surface area contributed by atoms with Gasteiger partial charge in [0, 0.05) is 18.1 Å². The van der Waals surface area contributed by atoms with Gasteiger partial charge in [0.1, 0.15) is 0 Å². The van der Waals surface area contributed by atoms with E-state index in [1.165, 1.54) is 32.4 Å². The second kappa shape index (κ2) is 8.11. The molecule has 2 aliphatic heterocycles. The Labute approximate surface area is 140 Å². The van der Waals surface area contributed by atoms with Crippen LogP contribution in [0.2, 0.25) is 0 Å². The highest BCUT2D eigenvalue weighted by molar-refractivity contribution is 5.95. The monoisotopic (exact) mass is 324 g/mol. The predicted molar refractivity (Wildman–Crippen MR) is 91.3 cm³/mol. The molecule has 132 valence electrons. The molecule has 0 aliphatic carbocycles. The molecule has 1 unspecified atom stereocenters. The number of nitrogens with zero attached hydrogens (tertiary/aromatic N) is 2. The third-order valence-corrected chi connectivity index (χ3v) is 4.50. The molecular formula is C17H32N4O2. The van der Waals surface area contributed by atoms with E-state index >= 15 is 0 Å². The van der Waals surface area contributed by atoms with Crippen molar-refractivity contribution in [3.8, 4) is 0 Å². The van der Waals surface area contributed by atoms with Crippen LogP contribution >= 0.6 is 0 Å². The average molecular weight is 324 g/mol. The Kier molecular flexibility index (Phi) is 6.41. The molecule has 2 N–H and O–H groups in total. The minimum atomic E-state index is -0.408. The summed E-state index contributed by atoms with van der Waals surface area (Å²) in [5.41, 5.74) is -0.338. The molecule has 0 bridgehead atoms. The van der Waals surface area contributed by atoms with Crippen molar-refractivity contribution in [3.63, 3.8) is 0 Å². The van der Waals surface area contributed by atoms with Gasteiger partial charge in [0.2, 0.25) is 5.91 Å². The number of imide groups is 1. The van der Waals surface area contributed by atoms with Crippen LogP contribution in [-0.2, 0) is 4.79 Å². The normalized spacial score (nSPS) is 23.7. The second-order valence-corrected chi connectivity index (χ2v) is 7.88. The number of carbonyl (C=O) groups excluding carboxylic acids is 2. The maximum absolute atomic E-state index is 12.1. The molecule has 2 rings (SSSR count). The Bertz CT molecular complexity index is 413. The Morgan fingerprint density at radius 3 is 2.39 bits per heavy atom. The van der Waals surface area contributed by atoms with Crippen molar-refractivity contribution < 1.29 is 9.59 Å². The Morgan fingerprint density at radius 2 is 1.74 bits per heavy atom. The smallest absolute Gasteiger partial charge is 0.321 e. The first-order chi connectivity index (χ1) is 10.8. The van der Waals surface area contributed by atoms with Crippen LogP contribution in [0.25, 0.3) is 0 Å². The van der Waals surface area contributed by atoms with E-state index in [9.17, 15) is 9.59 Å². The van der Waals surface area contributed by atoms with E-state index in [0.717, 1.165) is 25.9 Å².